The summed E-state index contributed by atoms with van der Waals surface area (Å²) in [6.07, 6.45) is 0. The Morgan fingerprint density at radius 2 is 2.09 bits per heavy atom. The fourth-order valence-electron chi connectivity index (χ4n) is 1.76. The molecular formula is C15H13ClN2O4. The molecule has 2 aromatic carbocycles. The van der Waals surface area contributed by atoms with Crippen molar-refractivity contribution in [2.24, 2.45) is 0 Å². The molecule has 7 heteroatoms. The zero-order valence-electron chi connectivity index (χ0n) is 11.7. The van der Waals surface area contributed by atoms with Crippen molar-refractivity contribution >= 4 is 28.9 Å². The van der Waals surface area contributed by atoms with Gasteiger partial charge in [0.2, 0.25) is 0 Å². The third-order valence-corrected chi connectivity index (χ3v) is 3.12. The quantitative estimate of drug-likeness (QED) is 0.674. The zero-order valence-corrected chi connectivity index (χ0v) is 12.5. The summed E-state index contributed by atoms with van der Waals surface area (Å²) in [5, 5.41) is 13.4. The molecule has 22 heavy (non-hydrogen) atoms. The lowest BCUT2D eigenvalue weighted by Crippen LogP contribution is -2.20. The van der Waals surface area contributed by atoms with E-state index in [1.807, 2.05) is 19.1 Å². The van der Waals surface area contributed by atoms with E-state index in [4.69, 9.17) is 16.3 Å². The van der Waals surface area contributed by atoms with Crippen molar-refractivity contribution < 1.29 is 14.5 Å². The molecule has 6 nitrogen and oxygen atoms in total. The third-order valence-electron chi connectivity index (χ3n) is 2.79. The lowest BCUT2D eigenvalue weighted by atomic mass is 10.2. The van der Waals surface area contributed by atoms with E-state index >= 15 is 0 Å². The predicted octanol–water partition coefficient (Wildman–Crippen LogP) is 3.57. The monoisotopic (exact) mass is 320 g/mol. The first kappa shape index (κ1) is 15.8. The highest BCUT2D eigenvalue weighted by Gasteiger charge is 2.12. The second-order valence-electron chi connectivity index (χ2n) is 4.57. The second kappa shape index (κ2) is 6.91. The van der Waals surface area contributed by atoms with Gasteiger partial charge in [-0.3, -0.25) is 14.9 Å². The van der Waals surface area contributed by atoms with E-state index in [1.165, 1.54) is 18.2 Å². The first-order chi connectivity index (χ1) is 10.5. The van der Waals surface area contributed by atoms with Gasteiger partial charge in [0.25, 0.3) is 11.6 Å². The molecule has 114 valence electrons. The number of rotatable bonds is 5. The van der Waals surface area contributed by atoms with Gasteiger partial charge in [-0.2, -0.15) is 0 Å². The number of halogens is 1. The van der Waals surface area contributed by atoms with Gasteiger partial charge in [0.15, 0.2) is 6.61 Å². The smallest absolute Gasteiger partial charge is 0.271 e. The first-order valence-corrected chi connectivity index (χ1v) is 6.77. The highest BCUT2D eigenvalue weighted by atomic mass is 35.5. The van der Waals surface area contributed by atoms with Gasteiger partial charge >= 0.3 is 0 Å². The van der Waals surface area contributed by atoms with Crippen LogP contribution in [-0.2, 0) is 4.79 Å². The molecule has 0 unspecified atom stereocenters. The van der Waals surface area contributed by atoms with Crippen LogP contribution in [0.2, 0.25) is 5.02 Å². The van der Waals surface area contributed by atoms with Crippen LogP contribution >= 0.6 is 11.6 Å². The number of non-ortho nitro benzene ring substituents is 1. The number of hydrogen-bond acceptors (Lipinski definition) is 4. The van der Waals surface area contributed by atoms with Crippen molar-refractivity contribution in [3.8, 4) is 5.75 Å². The molecular weight excluding hydrogens is 308 g/mol. The van der Waals surface area contributed by atoms with Gasteiger partial charge in [0, 0.05) is 12.1 Å². The van der Waals surface area contributed by atoms with Crippen LogP contribution in [0.25, 0.3) is 0 Å². The largest absolute Gasteiger partial charge is 0.484 e. The van der Waals surface area contributed by atoms with E-state index < -0.39 is 10.8 Å². The van der Waals surface area contributed by atoms with Crippen molar-refractivity contribution in [2.45, 2.75) is 6.92 Å². The number of benzene rings is 2. The van der Waals surface area contributed by atoms with Crippen molar-refractivity contribution in [3.63, 3.8) is 0 Å². The molecule has 2 aromatic rings. The molecule has 0 aliphatic heterocycles. The number of ether oxygens (including phenoxy) is 1. The molecule has 1 amide bonds. The van der Waals surface area contributed by atoms with Gasteiger partial charge in [-0.25, -0.2) is 0 Å². The Labute approximate surface area is 131 Å². The summed E-state index contributed by atoms with van der Waals surface area (Å²) < 4.78 is 5.35. The van der Waals surface area contributed by atoms with Crippen molar-refractivity contribution in [1.82, 2.24) is 0 Å². The zero-order chi connectivity index (χ0) is 16.1. The minimum absolute atomic E-state index is 0.153. The fourth-order valence-corrected chi connectivity index (χ4v) is 1.93. The third kappa shape index (κ3) is 4.20. The Morgan fingerprint density at radius 1 is 1.32 bits per heavy atom. The lowest BCUT2D eigenvalue weighted by Gasteiger charge is -2.09. The summed E-state index contributed by atoms with van der Waals surface area (Å²) in [5.74, 6) is 0.115. The maximum atomic E-state index is 11.8. The topological polar surface area (TPSA) is 81.5 Å². The number of nitro groups is 1. The molecule has 0 aromatic heterocycles. The predicted molar refractivity (Wildman–Crippen MR) is 83.4 cm³/mol. The maximum absolute atomic E-state index is 11.8. The van der Waals surface area contributed by atoms with Crippen molar-refractivity contribution in [1.29, 1.82) is 0 Å². The van der Waals surface area contributed by atoms with Crippen LogP contribution in [0.15, 0.2) is 42.5 Å². The summed E-state index contributed by atoms with van der Waals surface area (Å²) in [6.45, 7) is 1.69. The molecule has 0 heterocycles. The van der Waals surface area contributed by atoms with E-state index in [1.54, 1.807) is 12.1 Å². The molecule has 0 atom stereocenters. The Kier molecular flexibility index (Phi) is 4.95. The maximum Gasteiger partial charge on any atom is 0.271 e. The van der Waals surface area contributed by atoms with Gasteiger partial charge in [0.1, 0.15) is 5.75 Å². The van der Waals surface area contributed by atoms with E-state index in [0.717, 1.165) is 5.56 Å². The molecule has 0 spiro atoms. The average molecular weight is 321 g/mol. The van der Waals surface area contributed by atoms with E-state index in [-0.39, 0.29) is 23.0 Å². The molecule has 0 aliphatic rings. The van der Waals surface area contributed by atoms with Gasteiger partial charge in [-0.15, -0.1) is 0 Å². The van der Waals surface area contributed by atoms with Crippen molar-refractivity contribution in [3.05, 3.63) is 63.2 Å². The van der Waals surface area contributed by atoms with E-state index in [9.17, 15) is 14.9 Å². The first-order valence-electron chi connectivity index (χ1n) is 6.39. The molecule has 0 fully saturated rings. The fraction of sp³-hybridized carbons (Fsp3) is 0.133. The molecule has 2 rings (SSSR count). The van der Waals surface area contributed by atoms with Crippen LogP contribution in [-0.4, -0.2) is 17.4 Å². The highest BCUT2D eigenvalue weighted by molar-refractivity contribution is 6.33. The highest BCUT2D eigenvalue weighted by Crippen LogP contribution is 2.26. The van der Waals surface area contributed by atoms with E-state index in [2.05, 4.69) is 5.32 Å². The lowest BCUT2D eigenvalue weighted by molar-refractivity contribution is -0.384. The summed E-state index contributed by atoms with van der Waals surface area (Å²) in [4.78, 5) is 22.0. The van der Waals surface area contributed by atoms with Crippen LogP contribution in [0, 0.1) is 17.0 Å². The number of amides is 1. The summed E-state index contributed by atoms with van der Waals surface area (Å²) >= 11 is 5.90. The van der Waals surface area contributed by atoms with Gasteiger partial charge < -0.3 is 10.1 Å². The minimum atomic E-state index is -0.560. The average Bonchev–Trinajstić information content (AvgIpc) is 2.47. The Morgan fingerprint density at radius 3 is 2.77 bits per heavy atom. The van der Waals surface area contributed by atoms with E-state index in [0.29, 0.717) is 5.75 Å². The van der Waals surface area contributed by atoms with Gasteiger partial charge in [-0.05, 0) is 30.7 Å². The van der Waals surface area contributed by atoms with Gasteiger partial charge in [0.05, 0.1) is 15.6 Å². The Balaban J connectivity index is 2.00. The second-order valence-corrected chi connectivity index (χ2v) is 4.98. The molecule has 0 radical (unpaired) electrons. The Bertz CT molecular complexity index is 718. The molecule has 0 bridgehead atoms. The molecule has 0 saturated heterocycles. The number of nitrogens with one attached hydrogen (secondary N) is 1. The number of anilines is 1. The minimum Gasteiger partial charge on any atom is -0.484 e. The number of carbonyl (C=O) groups is 1. The molecule has 0 aliphatic carbocycles. The number of nitro benzene ring substituents is 1. The molecule has 0 saturated carbocycles. The number of nitrogens with zero attached hydrogens (tertiary/aromatic N) is 1. The summed E-state index contributed by atoms with van der Waals surface area (Å²) in [7, 11) is 0. The summed E-state index contributed by atoms with van der Waals surface area (Å²) in [6, 6.07) is 11.1. The van der Waals surface area contributed by atoms with Crippen molar-refractivity contribution in [2.75, 3.05) is 11.9 Å². The van der Waals surface area contributed by atoms with Crippen LogP contribution in [0.3, 0.4) is 0 Å². The Hall–Kier alpha value is -2.60. The van der Waals surface area contributed by atoms with Gasteiger partial charge in [-0.1, -0.05) is 23.7 Å². The SMILES string of the molecule is Cc1cccc(OCC(=O)Nc2cc([N+](=O)[O-])ccc2Cl)c1. The number of hydrogen-bond donors (Lipinski definition) is 1. The summed E-state index contributed by atoms with van der Waals surface area (Å²) in [5.41, 5.74) is 1.03. The number of carbonyl (C=O) groups excluding carboxylic acids is 1. The standard InChI is InChI=1S/C15H13ClN2O4/c1-10-3-2-4-12(7-10)22-9-15(19)17-14-8-11(18(20)21)5-6-13(14)16/h2-8H,9H2,1H3,(H,17,19). The van der Waals surface area contributed by atoms with Crippen LogP contribution in [0.4, 0.5) is 11.4 Å². The number of aryl methyl sites for hydroxylation is 1. The molecule has 1 N–H and O–H groups in total. The normalized spacial score (nSPS) is 10.1. The van der Waals surface area contributed by atoms with Crippen LogP contribution in [0.5, 0.6) is 5.75 Å². The van der Waals surface area contributed by atoms with Crippen LogP contribution in [0.1, 0.15) is 5.56 Å². The van der Waals surface area contributed by atoms with Crippen LogP contribution < -0.4 is 10.1 Å².